The highest BCUT2D eigenvalue weighted by molar-refractivity contribution is 7.91. The fourth-order valence-corrected chi connectivity index (χ4v) is 3.70. The van der Waals surface area contributed by atoms with Gasteiger partial charge >= 0.3 is 0 Å². The highest BCUT2D eigenvalue weighted by atomic mass is 32.2. The van der Waals surface area contributed by atoms with E-state index in [2.05, 4.69) is 15.5 Å². The third-order valence-corrected chi connectivity index (χ3v) is 4.96. The van der Waals surface area contributed by atoms with E-state index >= 15 is 0 Å². The van der Waals surface area contributed by atoms with Gasteiger partial charge in [-0.15, -0.1) is 0 Å². The summed E-state index contributed by atoms with van der Waals surface area (Å²) in [6.07, 6.45) is 2.87. The molecular formula is C11H19N3O3S. The van der Waals surface area contributed by atoms with Gasteiger partial charge in [-0.05, 0) is 25.8 Å². The summed E-state index contributed by atoms with van der Waals surface area (Å²) in [5.41, 5.74) is 0. The zero-order valence-corrected chi connectivity index (χ0v) is 11.4. The van der Waals surface area contributed by atoms with Gasteiger partial charge in [-0.25, -0.2) is 8.42 Å². The molecule has 0 spiro atoms. The number of rotatable bonds is 5. The fraction of sp³-hybridized carbons (Fsp3) is 0.818. The molecule has 0 unspecified atom stereocenters. The van der Waals surface area contributed by atoms with Crippen molar-refractivity contribution in [2.45, 2.75) is 25.7 Å². The lowest BCUT2D eigenvalue weighted by molar-refractivity contribution is 0.365. The van der Waals surface area contributed by atoms with Gasteiger partial charge in [0.05, 0.1) is 11.5 Å². The molecule has 0 atom stereocenters. The summed E-state index contributed by atoms with van der Waals surface area (Å²) in [5.74, 6) is 2.29. The molecule has 7 heteroatoms. The molecule has 0 aliphatic carbocycles. The summed E-state index contributed by atoms with van der Waals surface area (Å²) in [6, 6.07) is 0. The number of aromatic nitrogens is 2. The fourth-order valence-electron chi connectivity index (χ4n) is 2.11. The third kappa shape index (κ3) is 3.78. The van der Waals surface area contributed by atoms with Gasteiger partial charge in [0, 0.05) is 19.4 Å². The molecule has 1 fully saturated rings. The van der Waals surface area contributed by atoms with Crippen LogP contribution in [0.5, 0.6) is 0 Å². The van der Waals surface area contributed by atoms with Gasteiger partial charge in [-0.1, -0.05) is 5.16 Å². The Morgan fingerprint density at radius 1 is 1.39 bits per heavy atom. The van der Waals surface area contributed by atoms with Gasteiger partial charge in [0.25, 0.3) is 0 Å². The molecule has 1 aromatic heterocycles. The van der Waals surface area contributed by atoms with Crippen LogP contribution in [0.3, 0.4) is 0 Å². The summed E-state index contributed by atoms with van der Waals surface area (Å²) in [7, 11) is -0.913. The van der Waals surface area contributed by atoms with Crippen LogP contribution < -0.4 is 5.32 Å². The molecule has 2 rings (SSSR count). The highest BCUT2D eigenvalue weighted by Gasteiger charge is 2.24. The number of sulfone groups is 1. The molecule has 1 N–H and O–H groups in total. The lowest BCUT2D eigenvalue weighted by atomic mass is 9.99. The maximum absolute atomic E-state index is 11.3. The Kier molecular flexibility index (Phi) is 4.34. The standard InChI is InChI=1S/C11H19N3O3S/c1-12-5-2-11-13-10(14-17-11)8-9-3-6-18(15,16)7-4-9/h9,12H,2-8H2,1H3. The molecule has 2 heterocycles. The molecule has 1 aliphatic rings. The van der Waals surface area contributed by atoms with E-state index in [0.29, 0.717) is 42.0 Å². The van der Waals surface area contributed by atoms with Crippen LogP contribution in [0.2, 0.25) is 0 Å². The van der Waals surface area contributed by atoms with Crippen molar-refractivity contribution in [2.24, 2.45) is 5.92 Å². The Morgan fingerprint density at radius 2 is 2.11 bits per heavy atom. The number of nitrogens with zero attached hydrogens (tertiary/aromatic N) is 2. The summed E-state index contributed by atoms with van der Waals surface area (Å²) in [5, 5.41) is 6.96. The largest absolute Gasteiger partial charge is 0.339 e. The summed E-state index contributed by atoms with van der Waals surface area (Å²) < 4.78 is 27.8. The second-order valence-corrected chi connectivity index (χ2v) is 7.06. The molecule has 0 aromatic carbocycles. The van der Waals surface area contributed by atoms with Gasteiger partial charge < -0.3 is 9.84 Å². The first-order chi connectivity index (χ1) is 8.59. The normalized spacial score (nSPS) is 20.1. The topological polar surface area (TPSA) is 85.1 Å². The second-order valence-electron chi connectivity index (χ2n) is 4.76. The van der Waals surface area contributed by atoms with Crippen LogP contribution in [-0.4, -0.2) is 43.7 Å². The van der Waals surface area contributed by atoms with Crippen molar-refractivity contribution in [2.75, 3.05) is 25.1 Å². The van der Waals surface area contributed by atoms with Gasteiger partial charge in [-0.2, -0.15) is 4.98 Å². The maximum atomic E-state index is 11.3. The van der Waals surface area contributed by atoms with E-state index in [1.54, 1.807) is 0 Å². The van der Waals surface area contributed by atoms with E-state index < -0.39 is 9.84 Å². The smallest absolute Gasteiger partial charge is 0.227 e. The molecule has 0 radical (unpaired) electrons. The van der Waals surface area contributed by atoms with Crippen LogP contribution in [0.4, 0.5) is 0 Å². The number of likely N-dealkylation sites (N-methyl/N-ethyl adjacent to an activating group) is 1. The lowest BCUT2D eigenvalue weighted by Gasteiger charge is -2.20. The molecule has 6 nitrogen and oxygen atoms in total. The van der Waals surface area contributed by atoms with Gasteiger partial charge in [0.2, 0.25) is 5.89 Å². The van der Waals surface area contributed by atoms with Gasteiger partial charge in [0.1, 0.15) is 9.84 Å². The van der Waals surface area contributed by atoms with Crippen molar-refractivity contribution in [1.29, 1.82) is 0 Å². The maximum Gasteiger partial charge on any atom is 0.227 e. The van der Waals surface area contributed by atoms with Gasteiger partial charge in [-0.3, -0.25) is 0 Å². The van der Waals surface area contributed by atoms with Crippen LogP contribution in [0.1, 0.15) is 24.6 Å². The van der Waals surface area contributed by atoms with Crippen molar-refractivity contribution >= 4 is 9.84 Å². The summed E-state index contributed by atoms with van der Waals surface area (Å²) in [6.45, 7) is 0.809. The van der Waals surface area contributed by atoms with Crippen LogP contribution in [0.15, 0.2) is 4.52 Å². The molecule has 0 saturated carbocycles. The average Bonchev–Trinajstić information content (AvgIpc) is 2.77. The Hall–Kier alpha value is -0.950. The average molecular weight is 273 g/mol. The van der Waals surface area contributed by atoms with Crippen molar-refractivity contribution in [3.05, 3.63) is 11.7 Å². The zero-order chi connectivity index (χ0) is 13.0. The van der Waals surface area contributed by atoms with Crippen LogP contribution in [-0.2, 0) is 22.7 Å². The van der Waals surface area contributed by atoms with Crippen molar-refractivity contribution < 1.29 is 12.9 Å². The van der Waals surface area contributed by atoms with E-state index in [1.165, 1.54) is 0 Å². The lowest BCUT2D eigenvalue weighted by Crippen LogP contribution is -2.24. The SMILES string of the molecule is CNCCc1nc(CC2CCS(=O)(=O)CC2)no1. The van der Waals surface area contributed by atoms with Crippen LogP contribution >= 0.6 is 0 Å². The Labute approximate surface area is 107 Å². The van der Waals surface area contributed by atoms with E-state index in [9.17, 15) is 8.42 Å². The van der Waals surface area contributed by atoms with Crippen LogP contribution in [0.25, 0.3) is 0 Å². The first kappa shape index (κ1) is 13.5. The summed E-state index contributed by atoms with van der Waals surface area (Å²) in [4.78, 5) is 4.31. The van der Waals surface area contributed by atoms with E-state index in [-0.39, 0.29) is 0 Å². The molecule has 0 bridgehead atoms. The minimum atomic E-state index is -2.79. The Bertz CT molecular complexity index is 469. The first-order valence-electron chi connectivity index (χ1n) is 6.25. The van der Waals surface area contributed by atoms with Crippen molar-refractivity contribution in [3.8, 4) is 0 Å². The first-order valence-corrected chi connectivity index (χ1v) is 8.07. The number of nitrogens with one attached hydrogen (secondary N) is 1. The van der Waals surface area contributed by atoms with E-state index in [0.717, 1.165) is 19.4 Å². The van der Waals surface area contributed by atoms with E-state index in [4.69, 9.17) is 4.52 Å². The minimum absolute atomic E-state index is 0.294. The Balaban J connectivity index is 1.84. The van der Waals surface area contributed by atoms with Crippen LogP contribution in [0, 0.1) is 5.92 Å². The monoisotopic (exact) mass is 273 g/mol. The van der Waals surface area contributed by atoms with Crippen molar-refractivity contribution in [1.82, 2.24) is 15.5 Å². The molecule has 1 aromatic rings. The van der Waals surface area contributed by atoms with Crippen molar-refractivity contribution in [3.63, 3.8) is 0 Å². The second kappa shape index (κ2) is 5.79. The predicted octanol–water partition coefficient (Wildman–Crippen LogP) is 0.199. The van der Waals surface area contributed by atoms with Gasteiger partial charge in [0.15, 0.2) is 5.82 Å². The van der Waals surface area contributed by atoms with E-state index in [1.807, 2.05) is 7.05 Å². The highest BCUT2D eigenvalue weighted by Crippen LogP contribution is 2.21. The molecular weight excluding hydrogens is 254 g/mol. The molecule has 18 heavy (non-hydrogen) atoms. The minimum Gasteiger partial charge on any atom is -0.339 e. The summed E-state index contributed by atoms with van der Waals surface area (Å²) >= 11 is 0. The number of hydrogen-bond donors (Lipinski definition) is 1. The molecule has 1 saturated heterocycles. The third-order valence-electron chi connectivity index (χ3n) is 3.24. The molecule has 0 amide bonds. The number of hydrogen-bond acceptors (Lipinski definition) is 6. The Morgan fingerprint density at radius 3 is 2.78 bits per heavy atom. The zero-order valence-electron chi connectivity index (χ0n) is 10.6. The molecule has 102 valence electrons. The molecule has 1 aliphatic heterocycles. The quantitative estimate of drug-likeness (QED) is 0.825. The predicted molar refractivity (Wildman–Crippen MR) is 67.0 cm³/mol.